The Morgan fingerprint density at radius 2 is 1.92 bits per heavy atom. The topological polar surface area (TPSA) is 69.2 Å². The fourth-order valence-electron chi connectivity index (χ4n) is 3.41. The van der Waals surface area contributed by atoms with Crippen LogP contribution in [0.4, 0.5) is 5.82 Å². The minimum atomic E-state index is 0.0213. The SMILES string of the molecule is CCOC1CC(Nc2nc(-c3ccncc3)nc3ccccc23)C1OC. The highest BCUT2D eigenvalue weighted by atomic mass is 16.5. The molecule has 0 spiro atoms. The molecule has 0 saturated heterocycles. The molecule has 3 unspecified atom stereocenters. The zero-order chi connectivity index (χ0) is 17.9. The predicted molar refractivity (Wildman–Crippen MR) is 101 cm³/mol. The summed E-state index contributed by atoms with van der Waals surface area (Å²) in [6.45, 7) is 2.70. The van der Waals surface area contributed by atoms with E-state index in [-0.39, 0.29) is 18.2 Å². The molecule has 6 nitrogen and oxygen atoms in total. The first-order valence-corrected chi connectivity index (χ1v) is 8.88. The number of aromatic nitrogens is 3. The van der Waals surface area contributed by atoms with Crippen molar-refractivity contribution in [3.05, 3.63) is 48.8 Å². The summed E-state index contributed by atoms with van der Waals surface area (Å²) in [5, 5.41) is 4.55. The summed E-state index contributed by atoms with van der Waals surface area (Å²) in [6.07, 6.45) is 4.56. The number of hydrogen-bond donors (Lipinski definition) is 1. The third-order valence-corrected chi connectivity index (χ3v) is 4.77. The lowest BCUT2D eigenvalue weighted by molar-refractivity contribution is -0.118. The Bertz CT molecular complexity index is 887. The molecule has 0 amide bonds. The van der Waals surface area contributed by atoms with Gasteiger partial charge in [0.1, 0.15) is 11.9 Å². The number of hydrogen-bond acceptors (Lipinski definition) is 6. The lowest BCUT2D eigenvalue weighted by Gasteiger charge is -2.43. The van der Waals surface area contributed by atoms with Crippen molar-refractivity contribution in [1.82, 2.24) is 15.0 Å². The van der Waals surface area contributed by atoms with Crippen LogP contribution in [0.2, 0.25) is 0 Å². The molecular formula is C20H22N4O2. The quantitative estimate of drug-likeness (QED) is 0.736. The minimum Gasteiger partial charge on any atom is -0.377 e. The van der Waals surface area contributed by atoms with Crippen molar-refractivity contribution >= 4 is 16.7 Å². The smallest absolute Gasteiger partial charge is 0.162 e. The molecule has 1 aliphatic carbocycles. The normalized spacial score (nSPS) is 22.2. The number of para-hydroxylation sites is 1. The molecule has 26 heavy (non-hydrogen) atoms. The first-order valence-electron chi connectivity index (χ1n) is 8.88. The van der Waals surface area contributed by atoms with E-state index in [9.17, 15) is 0 Å². The summed E-state index contributed by atoms with van der Waals surface area (Å²) >= 11 is 0. The van der Waals surface area contributed by atoms with Crippen LogP contribution in [-0.4, -0.2) is 46.9 Å². The maximum atomic E-state index is 5.73. The summed E-state index contributed by atoms with van der Waals surface area (Å²) in [7, 11) is 1.73. The van der Waals surface area contributed by atoms with Crippen LogP contribution in [0.1, 0.15) is 13.3 Å². The van der Waals surface area contributed by atoms with E-state index in [0.29, 0.717) is 12.4 Å². The number of benzene rings is 1. The molecule has 2 aromatic heterocycles. The van der Waals surface area contributed by atoms with Gasteiger partial charge in [-0.05, 0) is 37.6 Å². The van der Waals surface area contributed by atoms with Crippen molar-refractivity contribution in [2.75, 3.05) is 19.0 Å². The van der Waals surface area contributed by atoms with Crippen LogP contribution in [0.5, 0.6) is 0 Å². The van der Waals surface area contributed by atoms with Crippen LogP contribution in [0, 0.1) is 0 Å². The van der Waals surface area contributed by atoms with Crippen molar-refractivity contribution in [1.29, 1.82) is 0 Å². The number of methoxy groups -OCH3 is 1. The third-order valence-electron chi connectivity index (χ3n) is 4.77. The molecule has 1 saturated carbocycles. The molecule has 3 atom stereocenters. The summed E-state index contributed by atoms with van der Waals surface area (Å²) in [4.78, 5) is 13.6. The van der Waals surface area contributed by atoms with Crippen molar-refractivity contribution in [2.24, 2.45) is 0 Å². The molecule has 1 N–H and O–H groups in total. The van der Waals surface area contributed by atoms with E-state index >= 15 is 0 Å². The lowest BCUT2D eigenvalue weighted by atomic mass is 9.85. The van der Waals surface area contributed by atoms with Gasteiger partial charge < -0.3 is 14.8 Å². The number of nitrogens with zero attached hydrogens (tertiary/aromatic N) is 3. The molecule has 0 aliphatic heterocycles. The molecule has 134 valence electrons. The van der Waals surface area contributed by atoms with Crippen LogP contribution < -0.4 is 5.32 Å². The fraction of sp³-hybridized carbons (Fsp3) is 0.350. The molecule has 4 rings (SSSR count). The zero-order valence-corrected chi connectivity index (χ0v) is 14.9. The fourth-order valence-corrected chi connectivity index (χ4v) is 3.41. The van der Waals surface area contributed by atoms with Gasteiger partial charge in [-0.3, -0.25) is 4.98 Å². The van der Waals surface area contributed by atoms with Gasteiger partial charge >= 0.3 is 0 Å². The van der Waals surface area contributed by atoms with E-state index in [4.69, 9.17) is 19.4 Å². The zero-order valence-electron chi connectivity index (χ0n) is 14.9. The van der Waals surface area contributed by atoms with E-state index in [0.717, 1.165) is 28.7 Å². The van der Waals surface area contributed by atoms with Crippen molar-refractivity contribution in [3.63, 3.8) is 0 Å². The lowest BCUT2D eigenvalue weighted by Crippen LogP contribution is -2.57. The number of nitrogens with one attached hydrogen (secondary N) is 1. The summed E-state index contributed by atoms with van der Waals surface area (Å²) in [5.74, 6) is 1.51. The molecule has 6 heteroatoms. The molecule has 1 aliphatic rings. The Labute approximate surface area is 152 Å². The maximum absolute atomic E-state index is 5.73. The van der Waals surface area contributed by atoms with Gasteiger partial charge in [-0.25, -0.2) is 9.97 Å². The summed E-state index contributed by atoms with van der Waals surface area (Å²) in [5.41, 5.74) is 1.85. The highest BCUT2D eigenvalue weighted by molar-refractivity contribution is 5.90. The van der Waals surface area contributed by atoms with Crippen LogP contribution >= 0.6 is 0 Å². The Morgan fingerprint density at radius 3 is 2.69 bits per heavy atom. The van der Waals surface area contributed by atoms with Gasteiger partial charge in [-0.15, -0.1) is 0 Å². The van der Waals surface area contributed by atoms with Gasteiger partial charge in [0.25, 0.3) is 0 Å². The van der Waals surface area contributed by atoms with Gasteiger partial charge in [0.05, 0.1) is 17.7 Å². The van der Waals surface area contributed by atoms with Gasteiger partial charge in [0.15, 0.2) is 5.82 Å². The average Bonchev–Trinajstić information content (AvgIpc) is 2.68. The third kappa shape index (κ3) is 3.13. The van der Waals surface area contributed by atoms with E-state index in [2.05, 4.69) is 10.3 Å². The van der Waals surface area contributed by atoms with Gasteiger partial charge in [0.2, 0.25) is 0 Å². The molecule has 1 aromatic carbocycles. The number of pyridine rings is 1. The van der Waals surface area contributed by atoms with E-state index in [1.165, 1.54) is 0 Å². The monoisotopic (exact) mass is 350 g/mol. The van der Waals surface area contributed by atoms with Gasteiger partial charge in [-0.1, -0.05) is 12.1 Å². The van der Waals surface area contributed by atoms with Crippen LogP contribution in [0.25, 0.3) is 22.3 Å². The average molecular weight is 350 g/mol. The highest BCUT2D eigenvalue weighted by Crippen LogP contribution is 2.32. The Morgan fingerprint density at radius 1 is 1.12 bits per heavy atom. The number of rotatable bonds is 6. The van der Waals surface area contributed by atoms with Gasteiger partial charge in [-0.2, -0.15) is 0 Å². The van der Waals surface area contributed by atoms with E-state index < -0.39 is 0 Å². The van der Waals surface area contributed by atoms with Gasteiger partial charge in [0, 0.05) is 37.1 Å². The molecule has 3 aromatic rings. The number of anilines is 1. The molecule has 0 bridgehead atoms. The summed E-state index contributed by atoms with van der Waals surface area (Å²) < 4.78 is 11.3. The van der Waals surface area contributed by atoms with Crippen LogP contribution in [0.15, 0.2) is 48.8 Å². The Kier molecular flexibility index (Phi) is 4.77. The number of fused-ring (bicyclic) bond motifs is 1. The first kappa shape index (κ1) is 16.9. The second kappa shape index (κ2) is 7.35. The second-order valence-corrected chi connectivity index (χ2v) is 6.33. The molecular weight excluding hydrogens is 328 g/mol. The first-order chi connectivity index (χ1) is 12.8. The molecule has 1 fully saturated rings. The molecule has 2 heterocycles. The number of ether oxygens (including phenoxy) is 2. The maximum Gasteiger partial charge on any atom is 0.162 e. The largest absolute Gasteiger partial charge is 0.377 e. The standard InChI is InChI=1S/C20H22N4O2/c1-3-26-17-12-16(18(17)25-2)23-20-14-6-4-5-7-15(14)22-19(24-20)13-8-10-21-11-9-13/h4-11,16-18H,3,12H2,1-2H3,(H,22,23,24). The highest BCUT2D eigenvalue weighted by Gasteiger charge is 2.42. The Hall–Kier alpha value is -2.57. The second-order valence-electron chi connectivity index (χ2n) is 6.33. The van der Waals surface area contributed by atoms with Crippen LogP contribution in [0.3, 0.4) is 0 Å². The van der Waals surface area contributed by atoms with Crippen molar-refractivity contribution in [3.8, 4) is 11.4 Å². The van der Waals surface area contributed by atoms with Crippen molar-refractivity contribution < 1.29 is 9.47 Å². The van der Waals surface area contributed by atoms with Crippen molar-refractivity contribution in [2.45, 2.75) is 31.6 Å². The Balaban J connectivity index is 1.68. The van der Waals surface area contributed by atoms with E-state index in [1.54, 1.807) is 19.5 Å². The summed E-state index contributed by atoms with van der Waals surface area (Å²) in [6, 6.07) is 12.0. The predicted octanol–water partition coefficient (Wildman–Crippen LogP) is 3.30. The van der Waals surface area contributed by atoms with E-state index in [1.807, 2.05) is 43.3 Å². The minimum absolute atomic E-state index is 0.0213. The van der Waals surface area contributed by atoms with Crippen LogP contribution in [-0.2, 0) is 9.47 Å². The molecule has 0 radical (unpaired) electrons.